The molecule has 2 rings (SSSR count). The molecule has 0 aliphatic rings. The van der Waals surface area contributed by atoms with Gasteiger partial charge in [-0.1, -0.05) is 31.5 Å². The fourth-order valence-corrected chi connectivity index (χ4v) is 3.75. The monoisotopic (exact) mass is 325 g/mol. The Bertz CT molecular complexity index is 582. The molecule has 0 radical (unpaired) electrons. The molecule has 4 heteroatoms. The maximum atomic E-state index is 13.2. The fraction of sp³-hybridized carbons (Fsp3) is 0.412. The van der Waals surface area contributed by atoms with Crippen molar-refractivity contribution < 1.29 is 4.39 Å². The Hall–Kier alpha value is -0.900. The Morgan fingerprint density at radius 2 is 2.05 bits per heavy atom. The number of nitrogens with one attached hydrogen (secondary N) is 1. The Kier molecular flexibility index (Phi) is 6.22. The van der Waals surface area contributed by atoms with Crippen LogP contribution in [0.25, 0.3) is 0 Å². The summed E-state index contributed by atoms with van der Waals surface area (Å²) < 4.78 is 13.2. The molecule has 0 amide bonds. The van der Waals surface area contributed by atoms with Gasteiger partial charge in [-0.05, 0) is 60.5 Å². The third-order valence-corrected chi connectivity index (χ3v) is 4.98. The van der Waals surface area contributed by atoms with Gasteiger partial charge in [-0.15, -0.1) is 11.3 Å². The quantitative estimate of drug-likeness (QED) is 0.720. The largest absolute Gasteiger partial charge is 0.309 e. The van der Waals surface area contributed by atoms with Gasteiger partial charge in [0.25, 0.3) is 0 Å². The number of halogens is 2. The average molecular weight is 326 g/mol. The van der Waals surface area contributed by atoms with Gasteiger partial charge < -0.3 is 5.32 Å². The number of hydrogen-bond acceptors (Lipinski definition) is 2. The predicted molar refractivity (Wildman–Crippen MR) is 89.8 cm³/mol. The maximum Gasteiger partial charge on any atom is 0.124 e. The molecular weight excluding hydrogens is 305 g/mol. The van der Waals surface area contributed by atoms with Crippen LogP contribution in [-0.4, -0.2) is 6.54 Å². The van der Waals surface area contributed by atoms with Crippen molar-refractivity contribution in [2.24, 2.45) is 0 Å². The molecule has 21 heavy (non-hydrogen) atoms. The summed E-state index contributed by atoms with van der Waals surface area (Å²) in [6, 6.07) is 7.09. The minimum absolute atomic E-state index is 0.239. The molecule has 0 spiro atoms. The molecule has 114 valence electrons. The highest BCUT2D eigenvalue weighted by molar-refractivity contribution is 7.10. The predicted octanol–water partition coefficient (Wildman–Crippen LogP) is 5.39. The van der Waals surface area contributed by atoms with Crippen molar-refractivity contribution in [3.8, 4) is 0 Å². The second kappa shape index (κ2) is 7.92. The van der Waals surface area contributed by atoms with Crippen molar-refractivity contribution in [3.05, 3.63) is 56.5 Å². The highest BCUT2D eigenvalue weighted by Crippen LogP contribution is 2.30. The first-order valence-electron chi connectivity index (χ1n) is 7.39. The van der Waals surface area contributed by atoms with Crippen molar-refractivity contribution >= 4 is 22.9 Å². The molecule has 1 unspecified atom stereocenters. The van der Waals surface area contributed by atoms with Crippen LogP contribution in [0.15, 0.2) is 29.6 Å². The van der Waals surface area contributed by atoms with Gasteiger partial charge in [-0.2, -0.15) is 0 Å². The highest BCUT2D eigenvalue weighted by Gasteiger charge is 2.17. The van der Waals surface area contributed by atoms with E-state index in [0.717, 1.165) is 31.4 Å². The van der Waals surface area contributed by atoms with Crippen molar-refractivity contribution in [3.63, 3.8) is 0 Å². The maximum absolute atomic E-state index is 13.2. The molecule has 1 nitrogen and oxygen atoms in total. The van der Waals surface area contributed by atoms with Crippen LogP contribution in [0.1, 0.15) is 42.3 Å². The second-order valence-corrected chi connectivity index (χ2v) is 6.47. The minimum atomic E-state index is -0.285. The molecule has 1 aromatic carbocycles. The molecule has 1 aromatic heterocycles. The first-order chi connectivity index (χ1) is 10.2. The summed E-state index contributed by atoms with van der Waals surface area (Å²) in [5, 5.41) is 6.24. The van der Waals surface area contributed by atoms with Crippen LogP contribution >= 0.6 is 22.9 Å². The lowest BCUT2D eigenvalue weighted by Gasteiger charge is -2.20. The Balaban J connectivity index is 2.24. The lowest BCUT2D eigenvalue weighted by atomic mass is 10.0. The van der Waals surface area contributed by atoms with Crippen molar-refractivity contribution in [1.29, 1.82) is 0 Å². The van der Waals surface area contributed by atoms with Crippen molar-refractivity contribution in [2.45, 2.75) is 39.2 Å². The molecule has 0 saturated heterocycles. The SMILES string of the molecule is CCCNC(Cc1ccc(F)cc1Cl)c1sccc1CC. The first kappa shape index (κ1) is 16.5. The lowest BCUT2D eigenvalue weighted by molar-refractivity contribution is 0.533. The number of aryl methyl sites for hydroxylation is 1. The second-order valence-electron chi connectivity index (χ2n) is 5.11. The fourth-order valence-electron chi connectivity index (χ4n) is 2.43. The Labute approximate surface area is 135 Å². The van der Waals surface area contributed by atoms with Gasteiger partial charge in [0.2, 0.25) is 0 Å². The highest BCUT2D eigenvalue weighted by atomic mass is 35.5. The summed E-state index contributed by atoms with van der Waals surface area (Å²) in [6.07, 6.45) is 2.90. The number of rotatable bonds is 7. The van der Waals surface area contributed by atoms with Gasteiger partial charge in [0.05, 0.1) is 0 Å². The zero-order valence-electron chi connectivity index (χ0n) is 12.5. The van der Waals surface area contributed by atoms with Crippen LogP contribution in [0.3, 0.4) is 0 Å². The molecule has 1 N–H and O–H groups in total. The summed E-state index contributed by atoms with van der Waals surface area (Å²) in [6.45, 7) is 5.29. The molecule has 0 aliphatic heterocycles. The van der Waals surface area contributed by atoms with E-state index in [1.54, 1.807) is 17.4 Å². The zero-order chi connectivity index (χ0) is 15.2. The molecule has 0 bridgehead atoms. The van der Waals surface area contributed by atoms with Gasteiger partial charge in [0, 0.05) is 15.9 Å². The Morgan fingerprint density at radius 3 is 2.71 bits per heavy atom. The first-order valence-corrected chi connectivity index (χ1v) is 8.65. The smallest absolute Gasteiger partial charge is 0.124 e. The van der Waals surface area contributed by atoms with Crippen LogP contribution in [0.4, 0.5) is 4.39 Å². The number of thiophene rings is 1. The molecular formula is C17H21ClFNS. The molecule has 1 heterocycles. The van der Waals surface area contributed by atoms with E-state index in [0.29, 0.717) is 5.02 Å². The molecule has 1 atom stereocenters. The third kappa shape index (κ3) is 4.29. The van der Waals surface area contributed by atoms with Gasteiger partial charge in [0.1, 0.15) is 5.82 Å². The van der Waals surface area contributed by atoms with E-state index >= 15 is 0 Å². The molecule has 2 aromatic rings. The van der Waals surface area contributed by atoms with Crippen LogP contribution in [0.5, 0.6) is 0 Å². The molecule has 0 saturated carbocycles. The molecule has 0 fully saturated rings. The van der Waals surface area contributed by atoms with Crippen LogP contribution in [-0.2, 0) is 12.8 Å². The van der Waals surface area contributed by atoms with Gasteiger partial charge in [0.15, 0.2) is 0 Å². The van der Waals surface area contributed by atoms with Gasteiger partial charge >= 0.3 is 0 Å². The van der Waals surface area contributed by atoms with Crippen molar-refractivity contribution in [1.82, 2.24) is 5.32 Å². The van der Waals surface area contributed by atoms with E-state index in [2.05, 4.69) is 30.6 Å². The van der Waals surface area contributed by atoms with E-state index in [-0.39, 0.29) is 11.9 Å². The minimum Gasteiger partial charge on any atom is -0.309 e. The topological polar surface area (TPSA) is 12.0 Å². The van der Waals surface area contributed by atoms with E-state index < -0.39 is 0 Å². The summed E-state index contributed by atoms with van der Waals surface area (Å²) in [5.74, 6) is -0.285. The van der Waals surface area contributed by atoms with Crippen LogP contribution < -0.4 is 5.32 Å². The number of benzene rings is 1. The average Bonchev–Trinajstić information content (AvgIpc) is 2.94. The standard InChI is InChI=1S/C17H21ClFNS/c1-3-8-20-16(17-12(4-2)7-9-21-17)10-13-5-6-14(19)11-15(13)18/h5-7,9,11,16,20H,3-4,8,10H2,1-2H3. The summed E-state index contributed by atoms with van der Waals surface area (Å²) in [5.41, 5.74) is 2.37. The summed E-state index contributed by atoms with van der Waals surface area (Å²) >= 11 is 7.96. The van der Waals surface area contributed by atoms with Gasteiger partial charge in [-0.3, -0.25) is 0 Å². The van der Waals surface area contributed by atoms with Crippen LogP contribution in [0.2, 0.25) is 5.02 Å². The van der Waals surface area contributed by atoms with E-state index in [1.165, 1.54) is 22.6 Å². The van der Waals surface area contributed by atoms with E-state index in [9.17, 15) is 4.39 Å². The molecule has 0 aliphatic carbocycles. The zero-order valence-corrected chi connectivity index (χ0v) is 14.0. The third-order valence-electron chi connectivity index (χ3n) is 3.56. The van der Waals surface area contributed by atoms with E-state index in [1.807, 2.05) is 0 Å². The lowest BCUT2D eigenvalue weighted by Crippen LogP contribution is -2.24. The number of hydrogen-bond donors (Lipinski definition) is 1. The summed E-state index contributed by atoms with van der Waals surface area (Å²) in [4.78, 5) is 1.37. The normalized spacial score (nSPS) is 12.6. The Morgan fingerprint density at radius 1 is 1.24 bits per heavy atom. The van der Waals surface area contributed by atoms with Crippen LogP contribution in [0, 0.1) is 5.82 Å². The summed E-state index contributed by atoms with van der Waals surface area (Å²) in [7, 11) is 0. The van der Waals surface area contributed by atoms with Crippen molar-refractivity contribution in [2.75, 3.05) is 6.54 Å². The van der Waals surface area contributed by atoms with E-state index in [4.69, 9.17) is 11.6 Å². The van der Waals surface area contributed by atoms with Gasteiger partial charge in [-0.25, -0.2) is 4.39 Å².